The average Bonchev–Trinajstić information content (AvgIpc) is 2.83. The maximum Gasteiger partial charge on any atom is 0.264 e. The van der Waals surface area contributed by atoms with Crippen molar-refractivity contribution in [1.29, 1.82) is 0 Å². The van der Waals surface area contributed by atoms with Gasteiger partial charge in [-0.15, -0.1) is 11.3 Å². The fourth-order valence-electron chi connectivity index (χ4n) is 1.69. The molecule has 3 N–H and O–H groups in total. The second kappa shape index (κ2) is 7.38. The Morgan fingerprint density at radius 2 is 2.10 bits per heavy atom. The summed E-state index contributed by atoms with van der Waals surface area (Å²) in [6.45, 7) is 6.28. The molecule has 1 aromatic heterocycles. The molecule has 0 saturated heterocycles. The molecule has 0 aromatic carbocycles. The molecule has 0 spiro atoms. The molecule has 5 nitrogen and oxygen atoms in total. The fraction of sp³-hybridized carbons (Fsp3) is 0.571. The standard InChI is InChI=1S/C14H22BrN3O2S/c1-9(2)14(3,8-16)17-12(19)7-18(4)13(20)10-5-6-11(15)21-10/h5-6,9H,7-8,16H2,1-4H3,(H,17,19). The number of carbonyl (C=O) groups is 2. The lowest BCUT2D eigenvalue weighted by Crippen LogP contribution is -2.57. The van der Waals surface area contributed by atoms with E-state index in [1.54, 1.807) is 13.1 Å². The summed E-state index contributed by atoms with van der Waals surface area (Å²) >= 11 is 4.67. The Balaban J connectivity index is 2.64. The van der Waals surface area contributed by atoms with Gasteiger partial charge in [-0.1, -0.05) is 13.8 Å². The smallest absolute Gasteiger partial charge is 0.264 e. The number of likely N-dealkylation sites (N-methyl/N-ethyl adjacent to an activating group) is 1. The van der Waals surface area contributed by atoms with Crippen LogP contribution in [0.1, 0.15) is 30.4 Å². The first-order valence-corrected chi connectivity index (χ1v) is 8.32. The molecule has 0 aliphatic carbocycles. The summed E-state index contributed by atoms with van der Waals surface area (Å²) in [4.78, 5) is 26.3. The molecule has 0 saturated carbocycles. The Bertz CT molecular complexity index is 518. The van der Waals surface area contributed by atoms with Crippen LogP contribution in [0.2, 0.25) is 0 Å². The summed E-state index contributed by atoms with van der Waals surface area (Å²) in [5, 5.41) is 2.92. The van der Waals surface area contributed by atoms with Crippen LogP contribution in [-0.4, -0.2) is 42.4 Å². The zero-order valence-corrected chi connectivity index (χ0v) is 15.2. The van der Waals surface area contributed by atoms with Gasteiger partial charge in [-0.05, 0) is 40.9 Å². The van der Waals surface area contributed by atoms with Gasteiger partial charge in [0, 0.05) is 13.6 Å². The van der Waals surface area contributed by atoms with E-state index in [0.29, 0.717) is 11.4 Å². The normalized spacial score (nSPS) is 13.9. The summed E-state index contributed by atoms with van der Waals surface area (Å²) in [7, 11) is 1.62. The van der Waals surface area contributed by atoms with Gasteiger partial charge in [0.15, 0.2) is 0 Å². The highest BCUT2D eigenvalue weighted by atomic mass is 79.9. The first-order valence-electron chi connectivity index (χ1n) is 6.71. The summed E-state index contributed by atoms with van der Waals surface area (Å²) in [5.74, 6) is -0.163. The molecule has 1 aromatic rings. The maximum absolute atomic E-state index is 12.2. The molecule has 21 heavy (non-hydrogen) atoms. The molecule has 7 heteroatoms. The molecule has 2 amide bonds. The number of carbonyl (C=O) groups excluding carboxylic acids is 2. The monoisotopic (exact) mass is 375 g/mol. The Kier molecular flexibility index (Phi) is 6.37. The average molecular weight is 376 g/mol. The number of halogens is 1. The third-order valence-electron chi connectivity index (χ3n) is 3.63. The van der Waals surface area contributed by atoms with E-state index in [2.05, 4.69) is 21.2 Å². The van der Waals surface area contributed by atoms with Crippen LogP contribution in [0.4, 0.5) is 0 Å². The number of thiophene rings is 1. The highest BCUT2D eigenvalue weighted by molar-refractivity contribution is 9.11. The Labute approximate surface area is 138 Å². The maximum atomic E-state index is 12.2. The number of hydrogen-bond donors (Lipinski definition) is 2. The quantitative estimate of drug-likeness (QED) is 0.798. The van der Waals surface area contributed by atoms with Crippen molar-refractivity contribution in [2.24, 2.45) is 11.7 Å². The number of hydrogen-bond acceptors (Lipinski definition) is 4. The van der Waals surface area contributed by atoms with Gasteiger partial charge in [0.2, 0.25) is 5.91 Å². The van der Waals surface area contributed by atoms with Crippen LogP contribution in [0, 0.1) is 5.92 Å². The lowest BCUT2D eigenvalue weighted by Gasteiger charge is -2.34. The van der Waals surface area contributed by atoms with E-state index in [0.717, 1.165) is 3.79 Å². The molecular weight excluding hydrogens is 354 g/mol. The van der Waals surface area contributed by atoms with Crippen molar-refractivity contribution in [3.05, 3.63) is 20.8 Å². The molecule has 0 bridgehead atoms. The van der Waals surface area contributed by atoms with E-state index in [-0.39, 0.29) is 24.3 Å². The molecule has 118 valence electrons. The minimum Gasteiger partial charge on any atom is -0.348 e. The predicted octanol–water partition coefficient (Wildman–Crippen LogP) is 2.07. The van der Waals surface area contributed by atoms with Crippen LogP contribution < -0.4 is 11.1 Å². The topological polar surface area (TPSA) is 75.4 Å². The number of nitrogens with one attached hydrogen (secondary N) is 1. The van der Waals surface area contributed by atoms with Gasteiger partial charge < -0.3 is 16.0 Å². The summed E-state index contributed by atoms with van der Waals surface area (Å²) < 4.78 is 0.888. The van der Waals surface area contributed by atoms with Crippen molar-refractivity contribution in [3.63, 3.8) is 0 Å². The minimum absolute atomic E-state index is 0.0106. The van der Waals surface area contributed by atoms with Crippen LogP contribution in [0.3, 0.4) is 0 Å². The molecule has 1 heterocycles. The lowest BCUT2D eigenvalue weighted by atomic mass is 9.88. The van der Waals surface area contributed by atoms with Crippen molar-refractivity contribution in [3.8, 4) is 0 Å². The Hall–Kier alpha value is -0.920. The highest BCUT2D eigenvalue weighted by Gasteiger charge is 2.29. The Morgan fingerprint density at radius 1 is 1.48 bits per heavy atom. The van der Waals surface area contributed by atoms with Crippen LogP contribution in [0.5, 0.6) is 0 Å². The Morgan fingerprint density at radius 3 is 2.52 bits per heavy atom. The third-order valence-corrected chi connectivity index (χ3v) is 5.25. The van der Waals surface area contributed by atoms with Gasteiger partial charge in [0.05, 0.1) is 20.7 Å². The predicted molar refractivity (Wildman–Crippen MR) is 89.4 cm³/mol. The molecule has 0 fully saturated rings. The first-order chi connectivity index (χ1) is 9.69. The van der Waals surface area contributed by atoms with Gasteiger partial charge in [0.1, 0.15) is 0 Å². The van der Waals surface area contributed by atoms with Crippen molar-refractivity contribution in [2.75, 3.05) is 20.1 Å². The van der Waals surface area contributed by atoms with Gasteiger partial charge in [-0.25, -0.2) is 0 Å². The van der Waals surface area contributed by atoms with E-state index in [4.69, 9.17) is 5.73 Å². The number of nitrogens with two attached hydrogens (primary N) is 1. The molecule has 1 atom stereocenters. The van der Waals surface area contributed by atoms with E-state index in [9.17, 15) is 9.59 Å². The lowest BCUT2D eigenvalue weighted by molar-refractivity contribution is -0.123. The van der Waals surface area contributed by atoms with Gasteiger partial charge >= 0.3 is 0 Å². The van der Waals surface area contributed by atoms with Crippen molar-refractivity contribution < 1.29 is 9.59 Å². The van der Waals surface area contributed by atoms with Gasteiger partial charge in [-0.3, -0.25) is 9.59 Å². The van der Waals surface area contributed by atoms with E-state index >= 15 is 0 Å². The van der Waals surface area contributed by atoms with Crippen molar-refractivity contribution in [1.82, 2.24) is 10.2 Å². The van der Waals surface area contributed by atoms with Crippen LogP contribution >= 0.6 is 27.3 Å². The van der Waals surface area contributed by atoms with Crippen LogP contribution in [0.25, 0.3) is 0 Å². The molecule has 0 aliphatic rings. The van der Waals surface area contributed by atoms with E-state index in [1.165, 1.54) is 16.2 Å². The number of amides is 2. The molecule has 0 aliphatic heterocycles. The zero-order valence-electron chi connectivity index (χ0n) is 12.8. The number of nitrogens with zero attached hydrogens (tertiary/aromatic N) is 1. The third kappa shape index (κ3) is 4.79. The van der Waals surface area contributed by atoms with Crippen LogP contribution in [-0.2, 0) is 4.79 Å². The summed E-state index contributed by atoms with van der Waals surface area (Å²) in [6, 6.07) is 3.56. The first kappa shape index (κ1) is 18.1. The van der Waals surface area contributed by atoms with E-state index < -0.39 is 5.54 Å². The van der Waals surface area contributed by atoms with Gasteiger partial charge in [-0.2, -0.15) is 0 Å². The molecular formula is C14H22BrN3O2S. The molecule has 1 unspecified atom stereocenters. The second-order valence-electron chi connectivity index (χ2n) is 5.59. The summed E-state index contributed by atoms with van der Waals surface area (Å²) in [6.07, 6.45) is 0. The largest absolute Gasteiger partial charge is 0.348 e. The summed E-state index contributed by atoms with van der Waals surface area (Å²) in [5.41, 5.74) is 5.28. The number of rotatable bonds is 6. The SMILES string of the molecule is CC(C)C(C)(CN)NC(=O)CN(C)C(=O)c1ccc(Br)s1. The minimum atomic E-state index is -0.465. The van der Waals surface area contributed by atoms with Crippen molar-refractivity contribution in [2.45, 2.75) is 26.3 Å². The van der Waals surface area contributed by atoms with Crippen LogP contribution in [0.15, 0.2) is 15.9 Å². The fourth-order valence-corrected chi connectivity index (χ4v) is 3.07. The van der Waals surface area contributed by atoms with Gasteiger partial charge in [0.25, 0.3) is 5.91 Å². The molecule has 1 rings (SSSR count). The second-order valence-corrected chi connectivity index (χ2v) is 8.05. The van der Waals surface area contributed by atoms with Crippen molar-refractivity contribution >= 4 is 39.1 Å². The van der Waals surface area contributed by atoms with E-state index in [1.807, 2.05) is 26.8 Å². The zero-order chi connectivity index (χ0) is 16.2. The molecule has 0 radical (unpaired) electrons. The highest BCUT2D eigenvalue weighted by Crippen LogP contribution is 2.23.